The molecule has 0 N–H and O–H groups in total. The summed E-state index contributed by atoms with van der Waals surface area (Å²) in [5.41, 5.74) is 3.74. The third kappa shape index (κ3) is 4.05. The molecule has 3 heteroatoms. The highest BCUT2D eigenvalue weighted by Crippen LogP contribution is 2.22. The molecule has 2 aromatic carbocycles. The van der Waals surface area contributed by atoms with Gasteiger partial charge < -0.3 is 9.64 Å². The minimum Gasteiger partial charge on any atom is -0.497 e. The molecule has 0 atom stereocenters. The molecule has 3 rings (SSSR count). The van der Waals surface area contributed by atoms with Gasteiger partial charge in [0.1, 0.15) is 5.75 Å². The first kappa shape index (κ1) is 16.3. The zero-order valence-corrected chi connectivity index (χ0v) is 14.1. The van der Waals surface area contributed by atoms with E-state index in [1.54, 1.807) is 7.11 Å². The number of carbonyl (C=O) groups is 1. The van der Waals surface area contributed by atoms with Crippen LogP contribution in [-0.2, 0) is 11.2 Å². The number of hydrogen-bond donors (Lipinski definition) is 0. The van der Waals surface area contributed by atoms with Crippen molar-refractivity contribution in [3.05, 3.63) is 71.8 Å². The largest absolute Gasteiger partial charge is 0.497 e. The smallest absolute Gasteiger partial charge is 0.223 e. The van der Waals surface area contributed by atoms with Gasteiger partial charge in [-0.25, -0.2) is 0 Å². The predicted octanol–water partition coefficient (Wildman–Crippen LogP) is 3.94. The molecule has 0 saturated heterocycles. The first-order chi connectivity index (χ1) is 11.8. The monoisotopic (exact) mass is 321 g/mol. The van der Waals surface area contributed by atoms with E-state index in [4.69, 9.17) is 4.74 Å². The van der Waals surface area contributed by atoms with Gasteiger partial charge in [0, 0.05) is 19.5 Å². The fourth-order valence-electron chi connectivity index (χ4n) is 3.05. The van der Waals surface area contributed by atoms with Crippen molar-refractivity contribution in [1.29, 1.82) is 0 Å². The van der Waals surface area contributed by atoms with Crippen molar-refractivity contribution in [2.24, 2.45) is 0 Å². The number of aryl methyl sites for hydroxylation is 1. The molecule has 2 aromatic rings. The Balaban J connectivity index is 1.54. The van der Waals surface area contributed by atoms with Crippen LogP contribution in [0.3, 0.4) is 0 Å². The number of nitrogens with zero attached hydrogens (tertiary/aromatic N) is 1. The minimum atomic E-state index is 0.223. The van der Waals surface area contributed by atoms with Crippen molar-refractivity contribution in [2.75, 3.05) is 20.2 Å². The average molecular weight is 321 g/mol. The molecule has 1 aliphatic heterocycles. The summed E-state index contributed by atoms with van der Waals surface area (Å²) in [6.07, 6.45) is 4.40. The van der Waals surface area contributed by atoms with Gasteiger partial charge in [-0.1, -0.05) is 48.5 Å². The molecule has 124 valence electrons. The second kappa shape index (κ2) is 7.82. The van der Waals surface area contributed by atoms with Crippen LogP contribution in [0.5, 0.6) is 5.75 Å². The second-order valence-electron chi connectivity index (χ2n) is 6.04. The lowest BCUT2D eigenvalue weighted by Crippen LogP contribution is -2.34. The molecule has 3 nitrogen and oxygen atoms in total. The maximum Gasteiger partial charge on any atom is 0.223 e. The summed E-state index contributed by atoms with van der Waals surface area (Å²) in [6.45, 7) is 1.51. The first-order valence-corrected chi connectivity index (χ1v) is 8.41. The van der Waals surface area contributed by atoms with Crippen molar-refractivity contribution in [3.63, 3.8) is 0 Å². The van der Waals surface area contributed by atoms with E-state index < -0.39 is 0 Å². The normalized spacial score (nSPS) is 14.2. The van der Waals surface area contributed by atoms with Crippen LogP contribution in [0.2, 0.25) is 0 Å². The predicted molar refractivity (Wildman–Crippen MR) is 96.9 cm³/mol. The van der Waals surface area contributed by atoms with Crippen molar-refractivity contribution in [1.82, 2.24) is 4.90 Å². The van der Waals surface area contributed by atoms with Gasteiger partial charge in [-0.15, -0.1) is 0 Å². The van der Waals surface area contributed by atoms with Gasteiger partial charge in [0.15, 0.2) is 0 Å². The lowest BCUT2D eigenvalue weighted by molar-refractivity contribution is -0.130. The molecule has 0 aromatic heterocycles. The molecule has 0 aliphatic carbocycles. The van der Waals surface area contributed by atoms with Crippen molar-refractivity contribution in [2.45, 2.75) is 19.3 Å². The SMILES string of the molecule is COc1cccc(CCC(=O)N2CC=C(c3ccccc3)CC2)c1. The average Bonchev–Trinajstić information content (AvgIpc) is 2.67. The molecule has 0 saturated carbocycles. The van der Waals surface area contributed by atoms with Gasteiger partial charge in [-0.2, -0.15) is 0 Å². The standard InChI is InChI=1S/C21H23NO2/c1-24-20-9-5-6-17(16-20)10-11-21(23)22-14-12-19(13-15-22)18-7-3-2-4-8-18/h2-9,12,16H,10-11,13-15H2,1H3. The summed E-state index contributed by atoms with van der Waals surface area (Å²) in [7, 11) is 1.66. The molecule has 1 aliphatic rings. The maximum absolute atomic E-state index is 12.4. The van der Waals surface area contributed by atoms with Crippen LogP contribution in [0, 0.1) is 0 Å². The van der Waals surface area contributed by atoms with Gasteiger partial charge in [0.25, 0.3) is 0 Å². The van der Waals surface area contributed by atoms with Gasteiger partial charge in [-0.05, 0) is 41.7 Å². The van der Waals surface area contributed by atoms with E-state index in [0.29, 0.717) is 13.0 Å². The van der Waals surface area contributed by atoms with E-state index in [1.807, 2.05) is 35.2 Å². The maximum atomic E-state index is 12.4. The number of benzene rings is 2. The molecule has 0 unspecified atom stereocenters. The summed E-state index contributed by atoms with van der Waals surface area (Å²) >= 11 is 0. The minimum absolute atomic E-state index is 0.223. The second-order valence-corrected chi connectivity index (χ2v) is 6.04. The molecule has 1 amide bonds. The topological polar surface area (TPSA) is 29.5 Å². The van der Waals surface area contributed by atoms with E-state index in [-0.39, 0.29) is 5.91 Å². The fourth-order valence-corrected chi connectivity index (χ4v) is 3.05. The Morgan fingerprint density at radius 1 is 1.12 bits per heavy atom. The van der Waals surface area contributed by atoms with Crippen LogP contribution in [0.1, 0.15) is 24.0 Å². The molecule has 1 heterocycles. The summed E-state index contributed by atoms with van der Waals surface area (Å²) in [5, 5.41) is 0. The van der Waals surface area contributed by atoms with Crippen LogP contribution >= 0.6 is 0 Å². The Labute approximate surface area is 143 Å². The van der Waals surface area contributed by atoms with Gasteiger partial charge in [0.05, 0.1) is 7.11 Å². The Morgan fingerprint density at radius 2 is 1.96 bits per heavy atom. The van der Waals surface area contributed by atoms with E-state index in [9.17, 15) is 4.79 Å². The highest BCUT2D eigenvalue weighted by molar-refractivity contribution is 5.78. The third-order valence-corrected chi connectivity index (χ3v) is 4.47. The van der Waals surface area contributed by atoms with Gasteiger partial charge >= 0.3 is 0 Å². The molecule has 24 heavy (non-hydrogen) atoms. The van der Waals surface area contributed by atoms with Crippen molar-refractivity contribution < 1.29 is 9.53 Å². The Kier molecular flexibility index (Phi) is 5.32. The number of amides is 1. The lowest BCUT2D eigenvalue weighted by Gasteiger charge is -2.27. The Bertz CT molecular complexity index is 722. The first-order valence-electron chi connectivity index (χ1n) is 8.41. The highest BCUT2D eigenvalue weighted by Gasteiger charge is 2.17. The van der Waals surface area contributed by atoms with Crippen LogP contribution in [0.4, 0.5) is 0 Å². The number of rotatable bonds is 5. The summed E-state index contributed by atoms with van der Waals surface area (Å²) in [5.74, 6) is 1.06. The van der Waals surface area contributed by atoms with E-state index >= 15 is 0 Å². The van der Waals surface area contributed by atoms with Crippen molar-refractivity contribution >= 4 is 11.5 Å². The molecule has 0 fully saturated rings. The Hall–Kier alpha value is -2.55. The molecule has 0 bridgehead atoms. The van der Waals surface area contributed by atoms with E-state index in [1.165, 1.54) is 11.1 Å². The number of hydrogen-bond acceptors (Lipinski definition) is 2. The van der Waals surface area contributed by atoms with Crippen LogP contribution in [0.25, 0.3) is 5.57 Å². The van der Waals surface area contributed by atoms with Crippen molar-refractivity contribution in [3.8, 4) is 5.75 Å². The van der Waals surface area contributed by atoms with Gasteiger partial charge in [0.2, 0.25) is 5.91 Å². The molecule has 0 radical (unpaired) electrons. The fraction of sp³-hybridized carbons (Fsp3) is 0.286. The quantitative estimate of drug-likeness (QED) is 0.835. The van der Waals surface area contributed by atoms with E-state index in [2.05, 4.69) is 30.3 Å². The van der Waals surface area contributed by atoms with Crippen LogP contribution in [-0.4, -0.2) is 31.0 Å². The van der Waals surface area contributed by atoms with Crippen LogP contribution < -0.4 is 4.74 Å². The van der Waals surface area contributed by atoms with Gasteiger partial charge in [-0.3, -0.25) is 4.79 Å². The summed E-state index contributed by atoms with van der Waals surface area (Å²) < 4.78 is 5.23. The zero-order valence-electron chi connectivity index (χ0n) is 14.1. The zero-order chi connectivity index (χ0) is 16.8. The Morgan fingerprint density at radius 3 is 2.67 bits per heavy atom. The highest BCUT2D eigenvalue weighted by atomic mass is 16.5. The van der Waals surface area contributed by atoms with Crippen LogP contribution in [0.15, 0.2) is 60.7 Å². The molecule has 0 spiro atoms. The number of ether oxygens (including phenoxy) is 1. The number of methoxy groups -OCH3 is 1. The third-order valence-electron chi connectivity index (χ3n) is 4.47. The molecular formula is C21H23NO2. The van der Waals surface area contributed by atoms with E-state index in [0.717, 1.165) is 30.7 Å². The molecular weight excluding hydrogens is 298 g/mol. The summed E-state index contributed by atoms with van der Waals surface area (Å²) in [6, 6.07) is 18.3. The number of carbonyl (C=O) groups excluding carboxylic acids is 1. The summed E-state index contributed by atoms with van der Waals surface area (Å²) in [4.78, 5) is 14.4. The lowest BCUT2D eigenvalue weighted by atomic mass is 9.99.